The van der Waals surface area contributed by atoms with E-state index in [4.69, 9.17) is 4.74 Å². The van der Waals surface area contributed by atoms with E-state index in [1.807, 2.05) is 13.0 Å². The number of hydrogen-bond donors (Lipinski definition) is 0. The van der Waals surface area contributed by atoms with Crippen molar-refractivity contribution >= 4 is 9.84 Å². The second-order valence-electron chi connectivity index (χ2n) is 5.39. The van der Waals surface area contributed by atoms with Gasteiger partial charge in [0.15, 0.2) is 0 Å². The van der Waals surface area contributed by atoms with E-state index in [0.29, 0.717) is 5.88 Å². The Labute approximate surface area is 150 Å². The van der Waals surface area contributed by atoms with Crippen LogP contribution in [0.15, 0.2) is 41.9 Å². The number of imidazole rings is 1. The summed E-state index contributed by atoms with van der Waals surface area (Å²) in [5.41, 5.74) is 1.88. The third-order valence-corrected chi connectivity index (χ3v) is 4.23. The maximum atomic E-state index is 12.1. The van der Waals surface area contributed by atoms with Crippen LogP contribution in [0.4, 0.5) is 0 Å². The largest absolute Gasteiger partial charge is 0.481 e. The highest BCUT2D eigenvalue weighted by Gasteiger charge is 2.20. The summed E-state index contributed by atoms with van der Waals surface area (Å²) in [6.07, 6.45) is 5.67. The lowest BCUT2D eigenvalue weighted by atomic mass is 10.2. The van der Waals surface area contributed by atoms with Gasteiger partial charge in [-0.3, -0.25) is 9.55 Å². The zero-order valence-electron chi connectivity index (χ0n) is 14.3. The fourth-order valence-electron chi connectivity index (χ4n) is 2.15. The second-order valence-corrected chi connectivity index (χ2v) is 7.30. The van der Waals surface area contributed by atoms with Gasteiger partial charge in [0, 0.05) is 42.2 Å². The van der Waals surface area contributed by atoms with Crippen LogP contribution in [-0.4, -0.2) is 46.3 Å². The third kappa shape index (κ3) is 3.87. The molecule has 8 nitrogen and oxygen atoms in total. The molecule has 0 spiro atoms. The van der Waals surface area contributed by atoms with Gasteiger partial charge in [0.2, 0.25) is 26.8 Å². The third-order valence-electron chi connectivity index (χ3n) is 3.28. The molecule has 3 rings (SSSR count). The number of aromatic nitrogens is 5. The summed E-state index contributed by atoms with van der Waals surface area (Å²) in [6.45, 7) is 1.86. The van der Waals surface area contributed by atoms with Crippen molar-refractivity contribution in [3.8, 4) is 23.7 Å². The van der Waals surface area contributed by atoms with Crippen molar-refractivity contribution < 1.29 is 13.2 Å². The number of nitrogens with zero attached hydrogens (tertiary/aromatic N) is 5. The summed E-state index contributed by atoms with van der Waals surface area (Å²) in [5.74, 6) is 6.24. The van der Waals surface area contributed by atoms with E-state index in [1.54, 1.807) is 18.3 Å². The number of sulfone groups is 1. The first-order chi connectivity index (χ1) is 12.4. The molecule has 0 atom stereocenters. The minimum Gasteiger partial charge on any atom is -0.481 e. The molecule has 0 N–H and O–H groups in total. The van der Waals surface area contributed by atoms with Crippen LogP contribution in [0.3, 0.4) is 0 Å². The van der Waals surface area contributed by atoms with Gasteiger partial charge in [0.25, 0.3) is 0 Å². The van der Waals surface area contributed by atoms with Gasteiger partial charge in [-0.15, -0.1) is 0 Å². The zero-order chi connectivity index (χ0) is 18.7. The molecular weight excluding hydrogens is 354 g/mol. The van der Waals surface area contributed by atoms with E-state index in [0.717, 1.165) is 17.5 Å². The van der Waals surface area contributed by atoms with Crippen molar-refractivity contribution in [1.29, 1.82) is 0 Å². The summed E-state index contributed by atoms with van der Waals surface area (Å²) < 4.78 is 30.5. The Morgan fingerprint density at radius 3 is 2.58 bits per heavy atom. The Kier molecular flexibility index (Phi) is 4.69. The first-order valence-corrected chi connectivity index (χ1v) is 9.37. The molecule has 0 aliphatic rings. The van der Waals surface area contributed by atoms with Crippen molar-refractivity contribution in [3.63, 3.8) is 0 Å². The lowest BCUT2D eigenvalue weighted by Crippen LogP contribution is -2.10. The molecule has 0 unspecified atom stereocenters. The van der Waals surface area contributed by atoms with Crippen LogP contribution in [0.25, 0.3) is 5.95 Å². The number of aryl methyl sites for hydroxylation is 1. The molecule has 132 valence electrons. The minimum atomic E-state index is -3.62. The first kappa shape index (κ1) is 17.6. The average molecular weight is 369 g/mol. The summed E-state index contributed by atoms with van der Waals surface area (Å²) in [6, 6.07) is 5.15. The predicted molar refractivity (Wildman–Crippen MR) is 93.8 cm³/mol. The lowest BCUT2D eigenvalue weighted by molar-refractivity contribution is 0.395. The predicted octanol–water partition coefficient (Wildman–Crippen LogP) is 1.18. The van der Waals surface area contributed by atoms with E-state index in [1.165, 1.54) is 24.1 Å². The van der Waals surface area contributed by atoms with E-state index in [2.05, 4.69) is 31.8 Å². The van der Waals surface area contributed by atoms with E-state index >= 15 is 0 Å². The van der Waals surface area contributed by atoms with Crippen molar-refractivity contribution in [2.45, 2.75) is 12.1 Å². The molecule has 0 saturated heterocycles. The van der Waals surface area contributed by atoms with Gasteiger partial charge in [0.1, 0.15) is 5.69 Å². The Balaban J connectivity index is 2.09. The molecule has 3 aromatic heterocycles. The van der Waals surface area contributed by atoms with Gasteiger partial charge in [-0.2, -0.15) is 4.98 Å². The molecule has 3 aromatic rings. The molecule has 0 aliphatic heterocycles. The lowest BCUT2D eigenvalue weighted by Gasteiger charge is -2.05. The first-order valence-electron chi connectivity index (χ1n) is 7.48. The standard InChI is InChI=1S/C17H15N5O3S/c1-12-10-13(6-8-18-12)4-5-14-11-22(17(20-14)26(3,23)24)16-19-9-7-15(21-16)25-2/h6-11H,1-3H3. The SMILES string of the molecule is COc1ccnc(-n2cc(C#Cc3ccnc(C)c3)nc2S(C)(=O)=O)n1. The summed E-state index contributed by atoms with van der Waals surface area (Å²) in [7, 11) is -2.15. The zero-order valence-corrected chi connectivity index (χ0v) is 15.1. The maximum Gasteiger partial charge on any atom is 0.239 e. The van der Waals surface area contributed by atoms with Crippen LogP contribution in [0.5, 0.6) is 5.88 Å². The molecular formula is C17H15N5O3S. The highest BCUT2D eigenvalue weighted by atomic mass is 32.2. The smallest absolute Gasteiger partial charge is 0.239 e. The monoisotopic (exact) mass is 369 g/mol. The van der Waals surface area contributed by atoms with E-state index in [-0.39, 0.29) is 16.8 Å². The fraction of sp³-hybridized carbons (Fsp3) is 0.176. The van der Waals surface area contributed by atoms with Crippen LogP contribution in [0.2, 0.25) is 0 Å². The Bertz CT molecular complexity index is 1130. The molecule has 0 radical (unpaired) electrons. The number of hydrogen-bond acceptors (Lipinski definition) is 7. The Morgan fingerprint density at radius 1 is 1.12 bits per heavy atom. The van der Waals surface area contributed by atoms with Gasteiger partial charge in [-0.05, 0) is 25.0 Å². The quantitative estimate of drug-likeness (QED) is 0.639. The topological polar surface area (TPSA) is 99.9 Å². The van der Waals surface area contributed by atoms with Crippen molar-refractivity contribution in [1.82, 2.24) is 24.5 Å². The van der Waals surface area contributed by atoms with E-state index in [9.17, 15) is 8.42 Å². The number of ether oxygens (including phenoxy) is 1. The maximum absolute atomic E-state index is 12.1. The Morgan fingerprint density at radius 2 is 1.88 bits per heavy atom. The summed E-state index contributed by atoms with van der Waals surface area (Å²) >= 11 is 0. The molecule has 3 heterocycles. The molecule has 0 aliphatic carbocycles. The number of methoxy groups -OCH3 is 1. The van der Waals surface area contributed by atoms with Crippen LogP contribution < -0.4 is 4.74 Å². The molecule has 26 heavy (non-hydrogen) atoms. The molecule has 9 heteroatoms. The Hall–Kier alpha value is -3.25. The van der Waals surface area contributed by atoms with Gasteiger partial charge in [-0.1, -0.05) is 5.92 Å². The number of rotatable bonds is 3. The molecule has 0 aromatic carbocycles. The minimum absolute atomic E-state index is 0.130. The molecule has 0 amide bonds. The van der Waals surface area contributed by atoms with Gasteiger partial charge < -0.3 is 4.74 Å². The second kappa shape index (κ2) is 6.93. The highest BCUT2D eigenvalue weighted by molar-refractivity contribution is 7.90. The normalized spacial score (nSPS) is 10.9. The van der Waals surface area contributed by atoms with Crippen molar-refractivity contribution in [3.05, 3.63) is 53.7 Å². The highest BCUT2D eigenvalue weighted by Crippen LogP contribution is 2.16. The summed E-state index contributed by atoms with van der Waals surface area (Å²) in [4.78, 5) is 16.5. The average Bonchev–Trinajstić information content (AvgIpc) is 3.05. The van der Waals surface area contributed by atoms with Crippen LogP contribution >= 0.6 is 0 Å². The van der Waals surface area contributed by atoms with E-state index < -0.39 is 9.84 Å². The van der Waals surface area contributed by atoms with Crippen molar-refractivity contribution in [2.75, 3.05) is 13.4 Å². The van der Waals surface area contributed by atoms with Crippen LogP contribution in [0, 0.1) is 18.8 Å². The number of pyridine rings is 1. The van der Waals surface area contributed by atoms with Gasteiger partial charge in [0.05, 0.1) is 7.11 Å². The molecule has 0 bridgehead atoms. The molecule has 0 saturated carbocycles. The van der Waals surface area contributed by atoms with Gasteiger partial charge in [-0.25, -0.2) is 18.4 Å². The summed E-state index contributed by atoms with van der Waals surface area (Å²) in [5, 5.41) is -0.194. The van der Waals surface area contributed by atoms with Crippen molar-refractivity contribution in [2.24, 2.45) is 0 Å². The van der Waals surface area contributed by atoms with Gasteiger partial charge >= 0.3 is 0 Å². The fourth-order valence-corrected chi connectivity index (χ4v) is 2.91. The van der Waals surface area contributed by atoms with Crippen LogP contribution in [0.1, 0.15) is 17.0 Å². The van der Waals surface area contributed by atoms with Crippen LogP contribution in [-0.2, 0) is 9.84 Å². The molecule has 0 fully saturated rings.